The highest BCUT2D eigenvalue weighted by atomic mass is 32.2. The van der Waals surface area contributed by atoms with Crippen molar-refractivity contribution in [2.75, 3.05) is 25.5 Å². The molecular weight excluding hydrogens is 632 g/mol. The Kier molecular flexibility index (Phi) is 15.5. The maximum absolute atomic E-state index is 14.0. The van der Waals surface area contributed by atoms with Gasteiger partial charge >= 0.3 is 12.1 Å². The van der Waals surface area contributed by atoms with Gasteiger partial charge in [0.05, 0.1) is 24.2 Å². The zero-order chi connectivity index (χ0) is 34.4. The van der Waals surface area contributed by atoms with Crippen molar-refractivity contribution in [2.24, 2.45) is 5.73 Å². The third kappa shape index (κ3) is 12.8. The average molecular weight is 682 g/mol. The molecule has 1 aliphatic heterocycles. The van der Waals surface area contributed by atoms with Crippen LogP contribution >= 0.6 is 0 Å². The molecule has 3 rings (SSSR count). The van der Waals surface area contributed by atoms with Gasteiger partial charge in [-0.1, -0.05) is 57.9 Å². The molecule has 47 heavy (non-hydrogen) atoms. The Morgan fingerprint density at radius 3 is 2.32 bits per heavy atom. The van der Waals surface area contributed by atoms with E-state index in [0.717, 1.165) is 35.7 Å². The second-order valence-electron chi connectivity index (χ2n) is 12.0. The van der Waals surface area contributed by atoms with Crippen LogP contribution < -0.4 is 16.4 Å². The van der Waals surface area contributed by atoms with Crippen molar-refractivity contribution in [2.45, 2.75) is 102 Å². The Balaban J connectivity index is 1.84. The summed E-state index contributed by atoms with van der Waals surface area (Å²) in [4.78, 5) is 26.6. The number of rotatable bonds is 19. The molecule has 1 aliphatic rings. The summed E-state index contributed by atoms with van der Waals surface area (Å²) in [6.45, 7) is 6.86. The van der Waals surface area contributed by atoms with Gasteiger partial charge in [0.1, 0.15) is 29.9 Å². The highest BCUT2D eigenvalue weighted by Crippen LogP contribution is 2.19. The van der Waals surface area contributed by atoms with Crippen LogP contribution in [0.1, 0.15) is 69.6 Å². The third-order valence-electron chi connectivity index (χ3n) is 8.08. The summed E-state index contributed by atoms with van der Waals surface area (Å²) in [6.07, 6.45) is 0.788. The van der Waals surface area contributed by atoms with Gasteiger partial charge in [-0.25, -0.2) is 26.8 Å². The quantitative estimate of drug-likeness (QED) is 0.184. The maximum Gasteiger partial charge on any atom is 0.408 e. The predicted octanol–water partition coefficient (Wildman–Crippen LogP) is 4.37. The van der Waals surface area contributed by atoms with E-state index in [2.05, 4.69) is 10.6 Å². The minimum absolute atomic E-state index is 0.0404. The Labute approximate surface area is 277 Å². The smallest absolute Gasteiger partial charge is 0.408 e. The van der Waals surface area contributed by atoms with Crippen molar-refractivity contribution >= 4 is 21.9 Å². The fourth-order valence-corrected chi connectivity index (χ4v) is 7.73. The van der Waals surface area contributed by atoms with Crippen LogP contribution in [0.5, 0.6) is 0 Å². The first kappa shape index (κ1) is 38.3. The number of halogens is 2. The molecule has 13 heteroatoms. The van der Waals surface area contributed by atoms with Crippen molar-refractivity contribution in [3.05, 3.63) is 70.8 Å². The second kappa shape index (κ2) is 19.0. The van der Waals surface area contributed by atoms with Crippen LogP contribution in [0, 0.1) is 11.6 Å². The van der Waals surface area contributed by atoms with Gasteiger partial charge in [0.2, 0.25) is 0 Å². The summed E-state index contributed by atoms with van der Waals surface area (Å²) in [6, 6.07) is 8.44. The van der Waals surface area contributed by atoms with E-state index in [1.54, 1.807) is 0 Å². The lowest BCUT2D eigenvalue weighted by molar-refractivity contribution is -0.151. The number of carbonyl (C=O) groups is 2. The lowest BCUT2D eigenvalue weighted by Crippen LogP contribution is -2.52. The van der Waals surface area contributed by atoms with Crippen LogP contribution in [0.25, 0.3) is 0 Å². The van der Waals surface area contributed by atoms with E-state index < -0.39 is 68.8 Å². The van der Waals surface area contributed by atoms with Gasteiger partial charge < -0.3 is 30.6 Å². The third-order valence-corrected chi connectivity index (χ3v) is 10.4. The van der Waals surface area contributed by atoms with Gasteiger partial charge in [0.25, 0.3) is 0 Å². The molecule has 0 saturated carbocycles. The van der Waals surface area contributed by atoms with Crippen molar-refractivity contribution in [1.82, 2.24) is 10.6 Å². The largest absolute Gasteiger partial charge is 0.458 e. The highest BCUT2D eigenvalue weighted by molar-refractivity contribution is 7.92. The first-order chi connectivity index (χ1) is 22.4. The molecule has 262 valence electrons. The monoisotopic (exact) mass is 681 g/mol. The molecule has 0 bridgehead atoms. The fraction of sp³-hybridized carbons (Fsp3) is 0.588. The normalized spacial score (nSPS) is 16.9. The summed E-state index contributed by atoms with van der Waals surface area (Å²) in [5.41, 5.74) is 8.87. The summed E-state index contributed by atoms with van der Waals surface area (Å²) in [5, 5.41) is 4.94. The lowest BCUT2D eigenvalue weighted by Gasteiger charge is -2.28. The van der Waals surface area contributed by atoms with Gasteiger partial charge in [0.15, 0.2) is 9.84 Å². The Bertz CT molecular complexity index is 1380. The molecule has 2 aromatic carbocycles. The minimum Gasteiger partial charge on any atom is -0.458 e. The Hall–Kier alpha value is -3.13. The number of sulfone groups is 1. The maximum atomic E-state index is 14.0. The molecule has 1 heterocycles. The summed E-state index contributed by atoms with van der Waals surface area (Å²) < 4.78 is 71.4. The molecule has 2 aromatic rings. The molecule has 0 aliphatic carbocycles. The first-order valence-corrected chi connectivity index (χ1v) is 18.1. The van der Waals surface area contributed by atoms with E-state index in [1.165, 1.54) is 0 Å². The lowest BCUT2D eigenvalue weighted by atomic mass is 10.0. The molecular formula is C34H49F2N3O7S. The number of amides is 1. The molecule has 4 N–H and O–H groups in total. The molecule has 1 saturated heterocycles. The van der Waals surface area contributed by atoms with Crippen LogP contribution in [-0.2, 0) is 48.2 Å². The summed E-state index contributed by atoms with van der Waals surface area (Å²) in [5.74, 6) is -3.25. The Morgan fingerprint density at radius 2 is 1.70 bits per heavy atom. The Morgan fingerprint density at radius 1 is 1.02 bits per heavy atom. The summed E-state index contributed by atoms with van der Waals surface area (Å²) in [7, 11) is -3.86. The van der Waals surface area contributed by atoms with E-state index in [1.807, 2.05) is 45.0 Å². The van der Waals surface area contributed by atoms with Gasteiger partial charge in [-0.15, -0.1) is 0 Å². The second-order valence-corrected chi connectivity index (χ2v) is 14.4. The molecule has 4 atom stereocenters. The standard InChI is InChI=1S/C34H49F2N3O7S/c1-4-8-29(9-5-2)47(42,43)22-31(39-34(41)45-28-12-13-44-21-28)33(40)46-32(20-38-19-24-11-7-10-23(6-3)14-24)30(37)17-25-15-26(35)18-27(36)16-25/h7,10-11,14-16,18,28-32,38H,4-6,8-9,12-13,17,19-22,37H2,1-3H3,(H,39,41)/t28-,30?,31-,32-/m1/s1. The summed E-state index contributed by atoms with van der Waals surface area (Å²) >= 11 is 0. The van der Waals surface area contributed by atoms with E-state index in [4.69, 9.17) is 19.9 Å². The number of benzene rings is 2. The van der Waals surface area contributed by atoms with Crippen LogP contribution in [0.3, 0.4) is 0 Å². The number of hydrogen-bond acceptors (Lipinski definition) is 9. The van der Waals surface area contributed by atoms with Crippen LogP contribution in [-0.4, -0.2) is 75.5 Å². The first-order valence-electron chi connectivity index (χ1n) is 16.4. The fourth-order valence-electron chi connectivity index (χ4n) is 5.58. The zero-order valence-corrected chi connectivity index (χ0v) is 28.3. The van der Waals surface area contributed by atoms with Gasteiger partial charge in [-0.05, 0) is 54.5 Å². The number of aryl methyl sites for hydroxylation is 1. The van der Waals surface area contributed by atoms with Crippen molar-refractivity contribution in [3.8, 4) is 0 Å². The molecule has 1 amide bonds. The van der Waals surface area contributed by atoms with Crippen LogP contribution in [0.4, 0.5) is 13.6 Å². The van der Waals surface area contributed by atoms with Crippen LogP contribution in [0.2, 0.25) is 0 Å². The van der Waals surface area contributed by atoms with E-state index in [9.17, 15) is 26.8 Å². The number of nitrogens with one attached hydrogen (secondary N) is 2. The topological polar surface area (TPSA) is 146 Å². The minimum atomic E-state index is -3.86. The molecule has 0 spiro atoms. The van der Waals surface area contributed by atoms with E-state index in [-0.39, 0.29) is 25.1 Å². The van der Waals surface area contributed by atoms with Gasteiger partial charge in [0, 0.05) is 31.6 Å². The van der Waals surface area contributed by atoms with E-state index >= 15 is 0 Å². The molecule has 0 aromatic heterocycles. The van der Waals surface area contributed by atoms with Crippen molar-refractivity contribution < 1.29 is 41.0 Å². The number of ether oxygens (including phenoxy) is 3. The number of alkyl carbamates (subject to hydrolysis) is 1. The highest BCUT2D eigenvalue weighted by Gasteiger charge is 2.36. The van der Waals surface area contributed by atoms with Gasteiger partial charge in [-0.3, -0.25) is 0 Å². The zero-order valence-electron chi connectivity index (χ0n) is 27.5. The number of carbonyl (C=O) groups excluding carboxylic acids is 2. The number of nitrogens with two attached hydrogens (primary N) is 1. The number of esters is 1. The molecule has 1 fully saturated rings. The number of hydrogen-bond donors (Lipinski definition) is 3. The molecule has 10 nitrogen and oxygen atoms in total. The van der Waals surface area contributed by atoms with E-state index in [0.29, 0.717) is 45.3 Å². The van der Waals surface area contributed by atoms with Crippen molar-refractivity contribution in [3.63, 3.8) is 0 Å². The predicted molar refractivity (Wildman–Crippen MR) is 175 cm³/mol. The SMILES string of the molecule is CCCC(CCC)S(=O)(=O)C[C@@H](NC(=O)O[C@@H]1CCOC1)C(=O)O[C@H](CNCc1cccc(CC)c1)C(N)Cc1cc(F)cc(F)c1. The molecule has 1 unspecified atom stereocenters. The van der Waals surface area contributed by atoms with Crippen molar-refractivity contribution in [1.29, 1.82) is 0 Å². The van der Waals surface area contributed by atoms with Crippen LogP contribution in [0.15, 0.2) is 42.5 Å². The molecule has 0 radical (unpaired) electrons. The average Bonchev–Trinajstić information content (AvgIpc) is 3.52. The van der Waals surface area contributed by atoms with Gasteiger partial charge in [-0.2, -0.15) is 0 Å².